The Labute approximate surface area is 87.2 Å². The van der Waals surface area contributed by atoms with Gasteiger partial charge in [-0.25, -0.2) is 0 Å². The Balaban J connectivity index is 3.89. The third-order valence-electron chi connectivity index (χ3n) is 1.78. The van der Waals surface area contributed by atoms with E-state index in [1.165, 1.54) is 0 Å². The van der Waals surface area contributed by atoms with Gasteiger partial charge in [-0.15, -0.1) is 0 Å². The predicted molar refractivity (Wildman–Crippen MR) is 57.0 cm³/mol. The van der Waals surface area contributed by atoms with Crippen molar-refractivity contribution in [3.63, 3.8) is 0 Å². The molecule has 0 bridgehead atoms. The van der Waals surface area contributed by atoms with E-state index in [0.29, 0.717) is 12.7 Å². The number of ether oxygens (including phenoxy) is 1. The molecule has 0 saturated carbocycles. The fourth-order valence-electron chi connectivity index (χ4n) is 0.966. The average Bonchev–Trinajstić information content (AvgIpc) is 2.19. The zero-order valence-corrected chi connectivity index (χ0v) is 10.6. The highest BCUT2D eigenvalue weighted by molar-refractivity contribution is 6.60. The van der Waals surface area contributed by atoms with Crippen molar-refractivity contribution in [3.8, 4) is 0 Å². The Bertz CT molecular complexity index is 165. The van der Waals surface area contributed by atoms with Gasteiger partial charge in [0.1, 0.15) is 0 Å². The van der Waals surface area contributed by atoms with Crippen molar-refractivity contribution in [1.29, 1.82) is 0 Å². The summed E-state index contributed by atoms with van der Waals surface area (Å²) in [7, 11) is 2.35. The SMILES string of the molecule is CO[Si](CCOC=C(C)C)(OC)OC. The first-order valence-corrected chi connectivity index (χ1v) is 6.44. The van der Waals surface area contributed by atoms with Crippen LogP contribution in [-0.4, -0.2) is 36.7 Å². The van der Waals surface area contributed by atoms with E-state index < -0.39 is 8.80 Å². The molecule has 0 atom stereocenters. The van der Waals surface area contributed by atoms with Crippen LogP contribution >= 0.6 is 0 Å². The molecule has 0 unspecified atom stereocenters. The van der Waals surface area contributed by atoms with Gasteiger partial charge in [-0.1, -0.05) is 0 Å². The maximum Gasteiger partial charge on any atom is 0.503 e. The lowest BCUT2D eigenvalue weighted by molar-refractivity contribution is 0.114. The van der Waals surface area contributed by atoms with E-state index in [1.807, 2.05) is 13.8 Å². The highest BCUT2D eigenvalue weighted by Crippen LogP contribution is 2.12. The first-order chi connectivity index (χ1) is 6.60. The van der Waals surface area contributed by atoms with Gasteiger partial charge in [0, 0.05) is 21.3 Å². The van der Waals surface area contributed by atoms with Gasteiger partial charge >= 0.3 is 8.80 Å². The molecule has 0 N–H and O–H groups in total. The van der Waals surface area contributed by atoms with Gasteiger partial charge in [0.15, 0.2) is 0 Å². The Morgan fingerprint density at radius 2 is 1.57 bits per heavy atom. The van der Waals surface area contributed by atoms with Crippen molar-refractivity contribution in [2.45, 2.75) is 19.9 Å². The summed E-state index contributed by atoms with van der Waals surface area (Å²) in [5.74, 6) is 0. The summed E-state index contributed by atoms with van der Waals surface area (Å²) in [6.07, 6.45) is 1.72. The number of hydrogen-bond donors (Lipinski definition) is 0. The highest BCUT2D eigenvalue weighted by Gasteiger charge is 2.37. The van der Waals surface area contributed by atoms with Crippen LogP contribution in [0.15, 0.2) is 11.8 Å². The molecular weight excluding hydrogens is 200 g/mol. The molecule has 0 radical (unpaired) electrons. The molecule has 0 aromatic carbocycles. The quantitative estimate of drug-likeness (QED) is 0.372. The van der Waals surface area contributed by atoms with Crippen LogP contribution in [0.3, 0.4) is 0 Å². The predicted octanol–water partition coefficient (Wildman–Crippen LogP) is 1.80. The van der Waals surface area contributed by atoms with Crippen molar-refractivity contribution in [2.75, 3.05) is 27.9 Å². The maximum absolute atomic E-state index is 5.29. The number of allylic oxidation sites excluding steroid dienone is 1. The van der Waals surface area contributed by atoms with Gasteiger partial charge in [-0.2, -0.15) is 0 Å². The molecular formula is C9H20O4Si. The summed E-state index contributed by atoms with van der Waals surface area (Å²) in [5.41, 5.74) is 1.13. The monoisotopic (exact) mass is 220 g/mol. The van der Waals surface area contributed by atoms with Crippen LogP contribution in [0.25, 0.3) is 0 Å². The van der Waals surface area contributed by atoms with Crippen LogP contribution in [0.2, 0.25) is 6.04 Å². The van der Waals surface area contributed by atoms with Gasteiger partial charge in [0.25, 0.3) is 0 Å². The minimum Gasteiger partial charge on any atom is -0.501 e. The largest absolute Gasteiger partial charge is 0.503 e. The minimum atomic E-state index is -2.44. The molecule has 0 spiro atoms. The van der Waals surface area contributed by atoms with Crippen molar-refractivity contribution < 1.29 is 18.0 Å². The molecule has 0 aromatic rings. The first-order valence-electron chi connectivity index (χ1n) is 4.50. The van der Waals surface area contributed by atoms with Crippen molar-refractivity contribution in [2.24, 2.45) is 0 Å². The molecule has 0 saturated heterocycles. The second-order valence-corrected chi connectivity index (χ2v) is 6.20. The number of hydrogen-bond acceptors (Lipinski definition) is 4. The average molecular weight is 220 g/mol. The normalized spacial score (nSPS) is 11.2. The van der Waals surface area contributed by atoms with E-state index >= 15 is 0 Å². The van der Waals surface area contributed by atoms with E-state index in [1.54, 1.807) is 27.6 Å². The van der Waals surface area contributed by atoms with E-state index in [4.69, 9.17) is 18.0 Å². The molecule has 0 aromatic heterocycles. The third-order valence-corrected chi connectivity index (χ3v) is 4.46. The Kier molecular flexibility index (Phi) is 6.82. The summed E-state index contributed by atoms with van der Waals surface area (Å²) >= 11 is 0. The van der Waals surface area contributed by atoms with Crippen LogP contribution in [0.5, 0.6) is 0 Å². The van der Waals surface area contributed by atoms with E-state index in [-0.39, 0.29) is 0 Å². The first kappa shape index (κ1) is 13.6. The van der Waals surface area contributed by atoms with Gasteiger partial charge in [0.2, 0.25) is 0 Å². The van der Waals surface area contributed by atoms with Crippen LogP contribution in [0.4, 0.5) is 0 Å². The second kappa shape index (κ2) is 7.00. The van der Waals surface area contributed by atoms with Gasteiger partial charge in [-0.3, -0.25) is 0 Å². The van der Waals surface area contributed by atoms with E-state index in [0.717, 1.165) is 5.57 Å². The molecule has 4 nitrogen and oxygen atoms in total. The molecule has 0 heterocycles. The standard InChI is InChI=1S/C9H20O4Si/c1-9(2)8-13-6-7-14(10-3,11-4)12-5/h8H,6-7H2,1-5H3. The molecule has 0 aliphatic rings. The molecule has 84 valence electrons. The molecule has 0 aliphatic carbocycles. The summed E-state index contributed by atoms with van der Waals surface area (Å²) in [6, 6.07) is 0.653. The van der Waals surface area contributed by atoms with Gasteiger partial charge in [0.05, 0.1) is 18.9 Å². The smallest absolute Gasteiger partial charge is 0.501 e. The van der Waals surface area contributed by atoms with Crippen LogP contribution in [-0.2, 0) is 18.0 Å². The molecule has 0 amide bonds. The topological polar surface area (TPSA) is 36.9 Å². The summed E-state index contributed by atoms with van der Waals surface area (Å²) in [5, 5.41) is 0. The van der Waals surface area contributed by atoms with E-state index in [9.17, 15) is 0 Å². The molecule has 14 heavy (non-hydrogen) atoms. The van der Waals surface area contributed by atoms with Crippen molar-refractivity contribution >= 4 is 8.80 Å². The summed E-state index contributed by atoms with van der Waals surface area (Å²) < 4.78 is 21.0. The Hall–Kier alpha value is -0.363. The fourth-order valence-corrected chi connectivity index (χ4v) is 2.45. The van der Waals surface area contributed by atoms with Crippen molar-refractivity contribution in [1.82, 2.24) is 0 Å². The molecule has 5 heteroatoms. The lowest BCUT2D eigenvalue weighted by Crippen LogP contribution is -2.43. The summed E-state index contributed by atoms with van der Waals surface area (Å²) in [6.45, 7) is 4.51. The van der Waals surface area contributed by atoms with Gasteiger partial charge in [-0.05, 0) is 19.4 Å². The molecule has 0 rings (SSSR count). The number of rotatable bonds is 7. The zero-order valence-electron chi connectivity index (χ0n) is 9.62. The molecule has 0 aliphatic heterocycles. The van der Waals surface area contributed by atoms with Crippen LogP contribution in [0.1, 0.15) is 13.8 Å². The van der Waals surface area contributed by atoms with Gasteiger partial charge < -0.3 is 18.0 Å². The zero-order chi connectivity index (χ0) is 11.0. The lowest BCUT2D eigenvalue weighted by Gasteiger charge is -2.23. The second-order valence-electron chi connectivity index (χ2n) is 3.11. The fraction of sp³-hybridized carbons (Fsp3) is 0.778. The van der Waals surface area contributed by atoms with Crippen LogP contribution in [0, 0.1) is 0 Å². The molecule has 0 fully saturated rings. The van der Waals surface area contributed by atoms with Crippen molar-refractivity contribution in [3.05, 3.63) is 11.8 Å². The van der Waals surface area contributed by atoms with E-state index in [2.05, 4.69) is 0 Å². The minimum absolute atomic E-state index is 0.549. The Morgan fingerprint density at radius 1 is 1.07 bits per heavy atom. The lowest BCUT2D eigenvalue weighted by atomic mass is 10.4. The van der Waals surface area contributed by atoms with Crippen LogP contribution < -0.4 is 0 Å². The third kappa shape index (κ3) is 4.76. The highest BCUT2D eigenvalue weighted by atomic mass is 28.4. The Morgan fingerprint density at radius 3 is 1.93 bits per heavy atom. The maximum atomic E-state index is 5.29. The summed E-state index contributed by atoms with van der Waals surface area (Å²) in [4.78, 5) is 0.